The van der Waals surface area contributed by atoms with Crippen molar-refractivity contribution >= 4 is 65.7 Å². The molecule has 0 aliphatic heterocycles. The highest BCUT2D eigenvalue weighted by Gasteiger charge is 2.16. The van der Waals surface area contributed by atoms with Crippen molar-refractivity contribution in [1.82, 2.24) is 4.57 Å². The van der Waals surface area contributed by atoms with E-state index in [4.69, 9.17) is 8.83 Å². The van der Waals surface area contributed by atoms with Gasteiger partial charge >= 0.3 is 0 Å². The van der Waals surface area contributed by atoms with Gasteiger partial charge in [0.15, 0.2) is 0 Å². The van der Waals surface area contributed by atoms with Gasteiger partial charge in [-0.15, -0.1) is 0 Å². The van der Waals surface area contributed by atoms with Gasteiger partial charge in [-0.2, -0.15) is 0 Å². The van der Waals surface area contributed by atoms with Crippen LogP contribution in [-0.4, -0.2) is 4.57 Å². The van der Waals surface area contributed by atoms with Crippen molar-refractivity contribution in [1.29, 1.82) is 0 Å². The Morgan fingerprint density at radius 2 is 0.897 bits per heavy atom. The van der Waals surface area contributed by atoms with E-state index in [2.05, 4.69) is 126 Å². The number of hydrogen-bond donors (Lipinski definition) is 0. The molecule has 0 saturated heterocycles. The normalized spacial score (nSPS) is 12.1. The quantitative estimate of drug-likeness (QED) is 0.237. The van der Waals surface area contributed by atoms with E-state index in [9.17, 15) is 0 Å². The minimum atomic E-state index is 0.865. The predicted octanol–water partition coefficient (Wildman–Crippen LogP) is 10.2. The van der Waals surface area contributed by atoms with E-state index in [-0.39, 0.29) is 0 Å². The molecule has 3 heterocycles. The van der Waals surface area contributed by atoms with Gasteiger partial charge in [0.1, 0.15) is 22.3 Å². The maximum Gasteiger partial charge on any atom is 0.136 e. The average molecular weight is 500 g/mol. The lowest BCUT2D eigenvalue weighted by Gasteiger charge is -2.07. The summed E-state index contributed by atoms with van der Waals surface area (Å²) in [7, 11) is 0. The van der Waals surface area contributed by atoms with Crippen molar-refractivity contribution < 1.29 is 8.83 Å². The van der Waals surface area contributed by atoms with Crippen LogP contribution in [0.25, 0.3) is 82.5 Å². The smallest absolute Gasteiger partial charge is 0.136 e. The van der Waals surface area contributed by atoms with Crippen molar-refractivity contribution in [3.63, 3.8) is 0 Å². The van der Waals surface area contributed by atoms with Gasteiger partial charge in [0, 0.05) is 38.0 Å². The molecule has 182 valence electrons. The zero-order valence-corrected chi connectivity index (χ0v) is 20.9. The third-order valence-corrected chi connectivity index (χ3v) is 7.99. The Morgan fingerprint density at radius 3 is 1.56 bits per heavy atom. The third-order valence-electron chi connectivity index (χ3n) is 7.99. The van der Waals surface area contributed by atoms with Gasteiger partial charge < -0.3 is 13.4 Å². The van der Waals surface area contributed by atoms with Crippen molar-refractivity contribution in [3.05, 3.63) is 127 Å². The van der Waals surface area contributed by atoms with Crippen LogP contribution < -0.4 is 0 Å². The Bertz CT molecular complexity index is 2330. The Labute approximate surface area is 223 Å². The van der Waals surface area contributed by atoms with Gasteiger partial charge in [0.2, 0.25) is 0 Å². The second-order valence-electron chi connectivity index (χ2n) is 10.2. The fraction of sp³-hybridized carbons (Fsp3) is 0. The fourth-order valence-corrected chi connectivity index (χ4v) is 6.18. The number of nitrogens with zero attached hydrogens (tertiary/aromatic N) is 1. The number of hydrogen-bond acceptors (Lipinski definition) is 2. The Kier molecular flexibility index (Phi) is 4.05. The van der Waals surface area contributed by atoms with Crippen LogP contribution in [0.4, 0.5) is 0 Å². The van der Waals surface area contributed by atoms with E-state index >= 15 is 0 Å². The van der Waals surface area contributed by atoms with E-state index in [1.54, 1.807) is 0 Å². The first kappa shape index (κ1) is 20.7. The Morgan fingerprint density at radius 1 is 0.359 bits per heavy atom. The molecule has 0 aliphatic carbocycles. The summed E-state index contributed by atoms with van der Waals surface area (Å²) < 4.78 is 15.1. The van der Waals surface area contributed by atoms with Gasteiger partial charge in [-0.3, -0.25) is 0 Å². The van der Waals surface area contributed by atoms with Gasteiger partial charge in [0.25, 0.3) is 0 Å². The van der Waals surface area contributed by atoms with E-state index in [1.807, 2.05) is 6.07 Å². The zero-order valence-electron chi connectivity index (χ0n) is 20.9. The summed E-state index contributed by atoms with van der Waals surface area (Å²) in [4.78, 5) is 0. The van der Waals surface area contributed by atoms with Gasteiger partial charge in [-0.05, 0) is 65.7 Å². The number of furan rings is 2. The monoisotopic (exact) mass is 499 g/mol. The molecule has 0 fully saturated rings. The standard InChI is InChI=1S/C36H21NO2/c1-2-8-22(9-3-1)23-14-16-33-27(18-23)29-20-36-30(21-35(29)38-33)28-19-24(15-17-34(28)39-36)37-31-12-6-4-10-25(31)26-11-5-7-13-32(26)37/h1-21H. The fourth-order valence-electron chi connectivity index (χ4n) is 6.18. The van der Waals surface area contributed by atoms with E-state index < -0.39 is 0 Å². The molecular weight excluding hydrogens is 478 g/mol. The highest BCUT2D eigenvalue weighted by atomic mass is 16.3. The van der Waals surface area contributed by atoms with Gasteiger partial charge in [0.05, 0.1) is 11.0 Å². The van der Waals surface area contributed by atoms with Crippen LogP contribution in [0.1, 0.15) is 0 Å². The maximum atomic E-state index is 6.39. The molecule has 0 atom stereocenters. The first-order chi connectivity index (χ1) is 19.3. The summed E-state index contributed by atoms with van der Waals surface area (Å²) in [5.74, 6) is 0. The molecule has 9 aromatic rings. The van der Waals surface area contributed by atoms with E-state index in [0.717, 1.165) is 49.6 Å². The summed E-state index contributed by atoms with van der Waals surface area (Å²) in [5.41, 5.74) is 9.35. The molecular formula is C36H21NO2. The van der Waals surface area contributed by atoms with Crippen molar-refractivity contribution in [2.75, 3.05) is 0 Å². The highest BCUT2D eigenvalue weighted by Crippen LogP contribution is 2.39. The second-order valence-corrected chi connectivity index (χ2v) is 10.2. The van der Waals surface area contributed by atoms with Crippen LogP contribution in [0.2, 0.25) is 0 Å². The van der Waals surface area contributed by atoms with Crippen LogP contribution in [0.5, 0.6) is 0 Å². The third kappa shape index (κ3) is 2.93. The molecule has 39 heavy (non-hydrogen) atoms. The molecule has 0 aliphatic rings. The SMILES string of the molecule is c1ccc(-c2ccc3oc4cc5c(cc4c3c2)oc2ccc(-n3c4ccccc4c4ccccc43)cc25)cc1. The Hall–Kier alpha value is -5.28. The topological polar surface area (TPSA) is 31.2 Å². The number of fused-ring (bicyclic) bond motifs is 9. The first-order valence-corrected chi connectivity index (χ1v) is 13.2. The maximum absolute atomic E-state index is 6.39. The van der Waals surface area contributed by atoms with Crippen LogP contribution in [0.3, 0.4) is 0 Å². The molecule has 9 rings (SSSR count). The summed E-state index contributed by atoms with van der Waals surface area (Å²) in [5, 5.41) is 6.81. The molecule has 3 heteroatoms. The molecule has 0 N–H and O–H groups in total. The molecule has 3 nitrogen and oxygen atoms in total. The van der Waals surface area contributed by atoms with Crippen LogP contribution in [0, 0.1) is 0 Å². The Balaban J connectivity index is 1.28. The minimum absolute atomic E-state index is 0.865. The van der Waals surface area contributed by atoms with Crippen LogP contribution in [-0.2, 0) is 0 Å². The molecule has 3 aromatic heterocycles. The number of rotatable bonds is 2. The lowest BCUT2D eigenvalue weighted by Crippen LogP contribution is -1.93. The average Bonchev–Trinajstić information content (AvgIpc) is 3.64. The van der Waals surface area contributed by atoms with E-state index in [0.29, 0.717) is 0 Å². The molecule has 0 unspecified atom stereocenters. The lowest BCUT2D eigenvalue weighted by atomic mass is 10.0. The van der Waals surface area contributed by atoms with Gasteiger partial charge in [-0.1, -0.05) is 72.8 Å². The summed E-state index contributed by atoms with van der Waals surface area (Å²) in [6.07, 6.45) is 0. The minimum Gasteiger partial charge on any atom is -0.456 e. The zero-order chi connectivity index (χ0) is 25.5. The molecule has 6 aromatic carbocycles. The van der Waals surface area contributed by atoms with Crippen LogP contribution in [0.15, 0.2) is 136 Å². The first-order valence-electron chi connectivity index (χ1n) is 13.2. The summed E-state index contributed by atoms with van der Waals surface area (Å²) in [6, 6.07) is 44.8. The summed E-state index contributed by atoms with van der Waals surface area (Å²) in [6.45, 7) is 0. The van der Waals surface area contributed by atoms with Crippen molar-refractivity contribution in [3.8, 4) is 16.8 Å². The van der Waals surface area contributed by atoms with Crippen molar-refractivity contribution in [2.24, 2.45) is 0 Å². The van der Waals surface area contributed by atoms with Gasteiger partial charge in [-0.25, -0.2) is 0 Å². The molecule has 0 bridgehead atoms. The number of benzene rings is 6. The highest BCUT2D eigenvalue weighted by molar-refractivity contribution is 6.16. The number of para-hydroxylation sites is 2. The number of aromatic nitrogens is 1. The second kappa shape index (κ2) is 7.62. The molecule has 0 saturated carbocycles. The van der Waals surface area contributed by atoms with E-state index in [1.165, 1.54) is 32.9 Å². The molecule has 0 amide bonds. The summed E-state index contributed by atoms with van der Waals surface area (Å²) >= 11 is 0. The predicted molar refractivity (Wildman–Crippen MR) is 161 cm³/mol. The molecule has 0 radical (unpaired) electrons. The largest absolute Gasteiger partial charge is 0.456 e. The molecule has 0 spiro atoms. The van der Waals surface area contributed by atoms with Crippen molar-refractivity contribution in [2.45, 2.75) is 0 Å². The van der Waals surface area contributed by atoms with Crippen LogP contribution >= 0.6 is 0 Å². The lowest BCUT2D eigenvalue weighted by molar-refractivity contribution is 0.664.